The van der Waals surface area contributed by atoms with Crippen molar-refractivity contribution in [1.29, 1.82) is 0 Å². The Kier molecular flexibility index (Phi) is 12.0. The standard InChI is InChI=1S/C78H62N2O2/c1-5-19-51(20-6-1)55-39-45-63-69-50-74(80(58-25-11-4-12-26-58)60-43-37-54(38-44-60)62-30-18-32-68-66-28-14-16-34-76(66)82-78(62)68)72-48-56(52-21-7-2-8-22-52)40-46-64(72)70(69)49-73(71(63)47-55)79(57-23-9-3-10-24-57)59-41-35-53(36-42-59)61-29-17-31-67-65-27-13-15-33-75(65)81-77(61)67/h3-4,9-18,23-52H,1-2,5-8,19-22H2. The van der Waals surface area contributed by atoms with Crippen LogP contribution in [0.2, 0.25) is 0 Å². The Bertz CT molecular complexity index is 4390. The molecule has 0 amide bonds. The van der Waals surface area contributed by atoms with Gasteiger partial charge in [-0.1, -0.05) is 196 Å². The van der Waals surface area contributed by atoms with Crippen LogP contribution in [-0.4, -0.2) is 0 Å². The molecule has 0 bridgehead atoms. The van der Waals surface area contributed by atoms with Crippen molar-refractivity contribution in [1.82, 2.24) is 0 Å². The van der Waals surface area contributed by atoms with Gasteiger partial charge in [0.1, 0.15) is 22.3 Å². The second-order valence-corrected chi connectivity index (χ2v) is 23.2. The molecule has 0 spiro atoms. The predicted octanol–water partition coefficient (Wildman–Crippen LogP) is 23.3. The van der Waals surface area contributed by atoms with E-state index >= 15 is 0 Å². The average Bonchev–Trinajstić information content (AvgIpc) is 3.49. The molecule has 2 fully saturated rings. The van der Waals surface area contributed by atoms with E-state index in [4.69, 9.17) is 8.83 Å². The molecule has 396 valence electrons. The summed E-state index contributed by atoms with van der Waals surface area (Å²) in [5.41, 5.74) is 17.8. The summed E-state index contributed by atoms with van der Waals surface area (Å²) in [6.45, 7) is 0. The van der Waals surface area contributed by atoms with Crippen LogP contribution in [0.4, 0.5) is 34.1 Å². The number of fused-ring (bicyclic) bond motifs is 11. The van der Waals surface area contributed by atoms with Gasteiger partial charge in [-0.15, -0.1) is 0 Å². The van der Waals surface area contributed by atoms with Crippen LogP contribution in [0.25, 0.3) is 98.4 Å². The molecule has 0 N–H and O–H groups in total. The average molecular weight is 1060 g/mol. The summed E-state index contributed by atoms with van der Waals surface area (Å²) in [5.74, 6) is 1.07. The second-order valence-electron chi connectivity index (χ2n) is 23.2. The fraction of sp³-hybridized carbons (Fsp3) is 0.154. The zero-order valence-electron chi connectivity index (χ0n) is 46.0. The number of hydrogen-bond acceptors (Lipinski definition) is 4. The number of hydrogen-bond donors (Lipinski definition) is 0. The summed E-state index contributed by atoms with van der Waals surface area (Å²) >= 11 is 0. The van der Waals surface area contributed by atoms with Gasteiger partial charge in [0.25, 0.3) is 0 Å². The topological polar surface area (TPSA) is 32.8 Å². The molecule has 0 atom stereocenters. The van der Waals surface area contributed by atoms with Crippen LogP contribution in [0.15, 0.2) is 251 Å². The Labute approximate surface area is 478 Å². The fourth-order valence-corrected chi connectivity index (χ4v) is 14.3. The lowest BCUT2D eigenvalue weighted by atomic mass is 9.82. The first-order valence-corrected chi connectivity index (χ1v) is 29.9. The molecule has 0 saturated heterocycles. The van der Waals surface area contributed by atoms with Gasteiger partial charge in [-0.25, -0.2) is 0 Å². The molecule has 2 aliphatic carbocycles. The van der Waals surface area contributed by atoms with Crippen molar-refractivity contribution in [3.63, 3.8) is 0 Å². The van der Waals surface area contributed by atoms with E-state index in [0.29, 0.717) is 11.8 Å². The monoisotopic (exact) mass is 1060 g/mol. The van der Waals surface area contributed by atoms with Gasteiger partial charge < -0.3 is 18.6 Å². The highest BCUT2D eigenvalue weighted by atomic mass is 16.3. The second kappa shape index (κ2) is 20.3. The highest BCUT2D eigenvalue weighted by Crippen LogP contribution is 2.51. The minimum Gasteiger partial charge on any atom is -0.455 e. The minimum absolute atomic E-state index is 0.535. The third kappa shape index (κ3) is 8.34. The van der Waals surface area contributed by atoms with Crippen molar-refractivity contribution in [2.24, 2.45) is 0 Å². The molecule has 0 radical (unpaired) electrons. The smallest absolute Gasteiger partial charge is 0.143 e. The van der Waals surface area contributed by atoms with Crippen LogP contribution >= 0.6 is 0 Å². The van der Waals surface area contributed by atoms with Crippen molar-refractivity contribution in [2.45, 2.75) is 76.0 Å². The molecule has 2 heterocycles. The Balaban J connectivity index is 0.917. The number of benzene rings is 12. The van der Waals surface area contributed by atoms with E-state index in [9.17, 15) is 0 Å². The summed E-state index contributed by atoms with van der Waals surface area (Å²) in [5, 5.41) is 12.1. The molecule has 16 rings (SSSR count). The molecule has 2 saturated carbocycles. The number of furan rings is 2. The van der Waals surface area contributed by atoms with Gasteiger partial charge >= 0.3 is 0 Å². The number of rotatable bonds is 10. The molecule has 4 heteroatoms. The number of para-hydroxylation sites is 6. The lowest BCUT2D eigenvalue weighted by Crippen LogP contribution is -2.12. The first kappa shape index (κ1) is 48.5. The predicted molar refractivity (Wildman–Crippen MR) is 345 cm³/mol. The molecule has 2 aromatic heterocycles. The number of nitrogens with zero attached hydrogens (tertiary/aromatic N) is 2. The zero-order chi connectivity index (χ0) is 54.1. The van der Waals surface area contributed by atoms with E-state index in [0.717, 1.165) is 88.9 Å². The van der Waals surface area contributed by atoms with Crippen molar-refractivity contribution in [3.05, 3.63) is 254 Å². The molecule has 82 heavy (non-hydrogen) atoms. The Morgan fingerprint density at radius 2 is 0.646 bits per heavy atom. The number of anilines is 6. The normalized spacial score (nSPS) is 14.5. The van der Waals surface area contributed by atoms with E-state index in [-0.39, 0.29) is 0 Å². The van der Waals surface area contributed by atoms with Gasteiger partial charge in [0.05, 0.1) is 11.4 Å². The van der Waals surface area contributed by atoms with Gasteiger partial charge in [-0.05, 0) is 166 Å². The van der Waals surface area contributed by atoms with Gasteiger partial charge in [0, 0.05) is 66.2 Å². The largest absolute Gasteiger partial charge is 0.455 e. The molecule has 0 aliphatic heterocycles. The van der Waals surface area contributed by atoms with Crippen molar-refractivity contribution in [3.8, 4) is 22.3 Å². The van der Waals surface area contributed by atoms with Crippen molar-refractivity contribution in [2.75, 3.05) is 9.80 Å². The lowest BCUT2D eigenvalue weighted by Gasteiger charge is -2.31. The van der Waals surface area contributed by atoms with E-state index in [1.807, 2.05) is 12.1 Å². The zero-order valence-corrected chi connectivity index (χ0v) is 46.0. The van der Waals surface area contributed by atoms with E-state index in [1.54, 1.807) is 0 Å². The summed E-state index contributed by atoms with van der Waals surface area (Å²) in [7, 11) is 0. The van der Waals surface area contributed by atoms with Crippen molar-refractivity contribution >= 4 is 110 Å². The third-order valence-electron chi connectivity index (χ3n) is 18.4. The maximum atomic E-state index is 6.58. The van der Waals surface area contributed by atoms with Crippen LogP contribution in [0, 0.1) is 0 Å². The summed E-state index contributed by atoms with van der Waals surface area (Å²) < 4.78 is 13.2. The Morgan fingerprint density at radius 1 is 0.268 bits per heavy atom. The van der Waals surface area contributed by atoms with Crippen LogP contribution in [0.5, 0.6) is 0 Å². The Morgan fingerprint density at radius 3 is 1.07 bits per heavy atom. The maximum absolute atomic E-state index is 6.58. The van der Waals surface area contributed by atoms with Gasteiger partial charge in [0.15, 0.2) is 0 Å². The molecular weight excluding hydrogens is 997 g/mol. The van der Waals surface area contributed by atoms with E-state index in [2.05, 4.69) is 240 Å². The summed E-state index contributed by atoms with van der Waals surface area (Å²) in [6.07, 6.45) is 12.7. The lowest BCUT2D eigenvalue weighted by molar-refractivity contribution is 0.444. The summed E-state index contributed by atoms with van der Waals surface area (Å²) in [4.78, 5) is 5.02. The Hall–Kier alpha value is -9.38. The molecular formula is C78H62N2O2. The van der Waals surface area contributed by atoms with Crippen LogP contribution in [0.3, 0.4) is 0 Å². The van der Waals surface area contributed by atoms with Crippen LogP contribution in [0.1, 0.15) is 87.2 Å². The molecule has 14 aromatic rings. The van der Waals surface area contributed by atoms with Gasteiger partial charge in [-0.2, -0.15) is 0 Å². The van der Waals surface area contributed by atoms with E-state index in [1.165, 1.54) is 119 Å². The highest BCUT2D eigenvalue weighted by Gasteiger charge is 2.26. The van der Waals surface area contributed by atoms with Crippen molar-refractivity contribution < 1.29 is 8.83 Å². The fourth-order valence-electron chi connectivity index (χ4n) is 14.3. The molecule has 2 aliphatic rings. The van der Waals surface area contributed by atoms with Crippen LogP contribution < -0.4 is 9.80 Å². The molecule has 12 aromatic carbocycles. The highest BCUT2D eigenvalue weighted by molar-refractivity contribution is 6.25. The van der Waals surface area contributed by atoms with Crippen LogP contribution in [-0.2, 0) is 0 Å². The third-order valence-corrected chi connectivity index (χ3v) is 18.4. The maximum Gasteiger partial charge on any atom is 0.143 e. The molecule has 4 nitrogen and oxygen atoms in total. The minimum atomic E-state index is 0.535. The summed E-state index contributed by atoms with van der Waals surface area (Å²) in [6, 6.07) is 90.2. The quantitative estimate of drug-likeness (QED) is 0.128. The molecule has 0 unspecified atom stereocenters. The first-order valence-electron chi connectivity index (χ1n) is 29.9. The van der Waals surface area contributed by atoms with Gasteiger partial charge in [-0.3, -0.25) is 0 Å². The van der Waals surface area contributed by atoms with Gasteiger partial charge in [0.2, 0.25) is 0 Å². The first-order chi connectivity index (χ1) is 40.7. The SMILES string of the molecule is c1ccc(N(c2ccc(-c3cccc4c3oc3ccccc34)cc2)c2cc3c4ccc(C5CCCCC5)cc4c(N(c4ccccc4)c4ccc(-c5cccc6c5oc5ccccc56)cc4)cc3c3ccc(C4CCCCC4)cc23)cc1. The van der Waals surface area contributed by atoms with E-state index < -0.39 is 0 Å².